The number of hydrogen-bond acceptors (Lipinski definition) is 4. The van der Waals surface area contributed by atoms with Gasteiger partial charge in [-0.25, -0.2) is 0 Å². The van der Waals surface area contributed by atoms with Crippen LogP contribution in [0.2, 0.25) is 5.02 Å². The fraction of sp³-hybridized carbons (Fsp3) is 0.312. The van der Waals surface area contributed by atoms with Crippen LogP contribution in [-0.4, -0.2) is 21.7 Å². The van der Waals surface area contributed by atoms with Crippen LogP contribution in [0.25, 0.3) is 11.3 Å². The second-order valence-corrected chi connectivity index (χ2v) is 7.04. The van der Waals surface area contributed by atoms with Gasteiger partial charge in [-0.2, -0.15) is 0 Å². The van der Waals surface area contributed by atoms with Crippen molar-refractivity contribution in [2.45, 2.75) is 33.2 Å². The summed E-state index contributed by atoms with van der Waals surface area (Å²) in [6.45, 7) is 7.54. The molecule has 0 aliphatic carbocycles. The van der Waals surface area contributed by atoms with Crippen molar-refractivity contribution in [3.8, 4) is 11.3 Å². The maximum absolute atomic E-state index is 12.5. The Morgan fingerprint density at radius 3 is 2.54 bits per heavy atom. The van der Waals surface area contributed by atoms with Gasteiger partial charge in [-0.05, 0) is 46.0 Å². The highest BCUT2D eigenvalue weighted by Gasteiger charge is 2.23. The van der Waals surface area contributed by atoms with Crippen molar-refractivity contribution in [2.24, 2.45) is 0 Å². The highest BCUT2D eigenvalue weighted by Crippen LogP contribution is 2.30. The Hall–Kier alpha value is -2.12. The molecule has 0 saturated carbocycles. The molecule has 0 aliphatic rings. The van der Waals surface area contributed by atoms with Crippen LogP contribution >= 0.6 is 23.8 Å². The smallest absolute Gasteiger partial charge is 0.275 e. The lowest BCUT2D eigenvalue weighted by Crippen LogP contribution is -2.52. The molecule has 0 bridgehead atoms. The normalized spacial score (nSPS) is 11.0. The van der Waals surface area contributed by atoms with Gasteiger partial charge in [0.2, 0.25) is 0 Å². The molecule has 0 saturated heterocycles. The van der Waals surface area contributed by atoms with E-state index in [-0.39, 0.29) is 5.54 Å². The number of benzene rings is 1. The zero-order chi connectivity index (χ0) is 17.9. The molecule has 0 aliphatic heterocycles. The highest BCUT2D eigenvalue weighted by molar-refractivity contribution is 7.80. The summed E-state index contributed by atoms with van der Waals surface area (Å²) in [7, 11) is 0. The van der Waals surface area contributed by atoms with Crippen LogP contribution < -0.4 is 16.2 Å². The number of aryl methyl sites for hydroxylation is 1. The number of rotatable bonds is 2. The van der Waals surface area contributed by atoms with Gasteiger partial charge in [-0.1, -0.05) is 35.0 Å². The van der Waals surface area contributed by atoms with E-state index >= 15 is 0 Å². The van der Waals surface area contributed by atoms with E-state index in [0.717, 1.165) is 0 Å². The first-order valence-corrected chi connectivity index (χ1v) is 8.07. The minimum absolute atomic E-state index is 0.218. The predicted octanol–water partition coefficient (Wildman–Crippen LogP) is 3.21. The van der Waals surface area contributed by atoms with Crippen LogP contribution in [0.15, 0.2) is 28.8 Å². The van der Waals surface area contributed by atoms with E-state index in [0.29, 0.717) is 32.7 Å². The van der Waals surface area contributed by atoms with Gasteiger partial charge in [-0.3, -0.25) is 15.6 Å². The lowest BCUT2D eigenvalue weighted by Gasteiger charge is -2.23. The van der Waals surface area contributed by atoms with E-state index in [1.807, 2.05) is 26.8 Å². The topological polar surface area (TPSA) is 79.2 Å². The van der Waals surface area contributed by atoms with Crippen LogP contribution in [0.1, 0.15) is 36.9 Å². The summed E-state index contributed by atoms with van der Waals surface area (Å²) in [5, 5.41) is 7.79. The van der Waals surface area contributed by atoms with Gasteiger partial charge in [0, 0.05) is 11.1 Å². The van der Waals surface area contributed by atoms with E-state index in [1.165, 1.54) is 0 Å². The zero-order valence-electron chi connectivity index (χ0n) is 13.9. The fourth-order valence-electron chi connectivity index (χ4n) is 2.02. The molecule has 1 aromatic heterocycles. The Morgan fingerprint density at radius 1 is 1.25 bits per heavy atom. The number of amides is 1. The SMILES string of the molecule is Cc1onc(-c2ccccc2Cl)c1C(=O)NNC(=S)NC(C)(C)C. The monoisotopic (exact) mass is 366 g/mol. The average molecular weight is 367 g/mol. The number of nitrogens with zero attached hydrogens (tertiary/aromatic N) is 1. The van der Waals surface area contributed by atoms with Crippen LogP contribution in [0.5, 0.6) is 0 Å². The lowest BCUT2D eigenvalue weighted by molar-refractivity contribution is 0.0942. The standard InChI is InChI=1S/C16H19ClN4O2S/c1-9-12(14(22)19-20-15(24)18-16(2,3)4)13(21-23-9)10-7-5-6-8-11(10)17/h5-8H,1-4H3,(H,19,22)(H2,18,20,24). The third-order valence-electron chi connectivity index (χ3n) is 3.00. The summed E-state index contributed by atoms with van der Waals surface area (Å²) in [5.74, 6) is -0.0272. The van der Waals surface area contributed by atoms with Gasteiger partial charge >= 0.3 is 0 Å². The predicted molar refractivity (Wildman–Crippen MR) is 97.8 cm³/mol. The summed E-state index contributed by atoms with van der Waals surface area (Å²) in [6.07, 6.45) is 0. The third kappa shape index (κ3) is 4.46. The maximum atomic E-state index is 12.5. The van der Waals surface area contributed by atoms with Crippen molar-refractivity contribution in [1.29, 1.82) is 0 Å². The van der Waals surface area contributed by atoms with E-state index in [4.69, 9.17) is 28.3 Å². The number of halogens is 1. The molecule has 0 atom stereocenters. The first kappa shape index (κ1) is 18.2. The number of carbonyl (C=O) groups excluding carboxylic acids is 1. The first-order valence-electron chi connectivity index (χ1n) is 7.28. The van der Waals surface area contributed by atoms with Gasteiger partial charge in [0.05, 0.1) is 5.02 Å². The Bertz CT molecular complexity index is 768. The molecule has 6 nitrogen and oxygen atoms in total. The molecule has 0 radical (unpaired) electrons. The van der Waals surface area contributed by atoms with Crippen LogP contribution in [0, 0.1) is 6.92 Å². The quantitative estimate of drug-likeness (QED) is 0.559. The van der Waals surface area contributed by atoms with Crippen molar-refractivity contribution >= 4 is 34.8 Å². The van der Waals surface area contributed by atoms with Crippen LogP contribution in [0.3, 0.4) is 0 Å². The molecule has 24 heavy (non-hydrogen) atoms. The number of aromatic nitrogens is 1. The van der Waals surface area contributed by atoms with Crippen molar-refractivity contribution in [3.05, 3.63) is 40.6 Å². The molecule has 2 rings (SSSR count). The second kappa shape index (κ2) is 7.19. The number of thiocarbonyl (C=S) groups is 1. The lowest BCUT2D eigenvalue weighted by atomic mass is 10.1. The van der Waals surface area contributed by atoms with Crippen molar-refractivity contribution in [1.82, 2.24) is 21.3 Å². The number of nitrogens with one attached hydrogen (secondary N) is 3. The average Bonchev–Trinajstić information content (AvgIpc) is 2.85. The molecule has 0 unspecified atom stereocenters. The van der Waals surface area contributed by atoms with E-state index in [9.17, 15) is 4.79 Å². The van der Waals surface area contributed by atoms with Gasteiger partial charge in [0.25, 0.3) is 5.91 Å². The molecule has 1 amide bonds. The first-order chi connectivity index (χ1) is 11.2. The molecule has 8 heteroatoms. The minimum atomic E-state index is -0.415. The largest absolute Gasteiger partial charge is 0.360 e. The molecular weight excluding hydrogens is 348 g/mol. The molecule has 0 fully saturated rings. The molecular formula is C16H19ClN4O2S. The molecule has 3 N–H and O–H groups in total. The summed E-state index contributed by atoms with van der Waals surface area (Å²) in [6, 6.07) is 7.11. The van der Waals surface area contributed by atoms with Crippen molar-refractivity contribution < 1.29 is 9.32 Å². The third-order valence-corrected chi connectivity index (χ3v) is 3.53. The Balaban J connectivity index is 2.18. The molecule has 1 aromatic carbocycles. The van der Waals surface area contributed by atoms with Gasteiger partial charge in [0.15, 0.2) is 5.11 Å². The summed E-state index contributed by atoms with van der Waals surface area (Å²) >= 11 is 11.3. The van der Waals surface area contributed by atoms with Crippen LogP contribution in [0.4, 0.5) is 0 Å². The van der Waals surface area contributed by atoms with E-state index in [1.54, 1.807) is 25.1 Å². The van der Waals surface area contributed by atoms with Gasteiger partial charge < -0.3 is 9.84 Å². The molecule has 128 valence electrons. The summed E-state index contributed by atoms with van der Waals surface area (Å²) in [4.78, 5) is 12.5. The minimum Gasteiger partial charge on any atom is -0.360 e. The van der Waals surface area contributed by atoms with E-state index in [2.05, 4.69) is 21.3 Å². The van der Waals surface area contributed by atoms with E-state index < -0.39 is 5.91 Å². The Labute approximate surface area is 150 Å². The highest BCUT2D eigenvalue weighted by atomic mass is 35.5. The Kier molecular flexibility index (Phi) is 5.46. The van der Waals surface area contributed by atoms with Gasteiger partial charge in [0.1, 0.15) is 17.0 Å². The van der Waals surface area contributed by atoms with Gasteiger partial charge in [-0.15, -0.1) is 0 Å². The fourth-order valence-corrected chi connectivity index (χ4v) is 2.61. The molecule has 0 spiro atoms. The summed E-state index contributed by atoms with van der Waals surface area (Å²) < 4.78 is 5.17. The second-order valence-electron chi connectivity index (χ2n) is 6.23. The van der Waals surface area contributed by atoms with Crippen molar-refractivity contribution in [3.63, 3.8) is 0 Å². The van der Waals surface area contributed by atoms with Crippen LogP contribution in [-0.2, 0) is 0 Å². The molecule has 1 heterocycles. The number of carbonyl (C=O) groups is 1. The maximum Gasteiger partial charge on any atom is 0.275 e. The molecule has 2 aromatic rings. The number of hydrogen-bond donors (Lipinski definition) is 3. The Morgan fingerprint density at radius 2 is 1.92 bits per heavy atom. The van der Waals surface area contributed by atoms with Crippen molar-refractivity contribution in [2.75, 3.05) is 0 Å². The summed E-state index contributed by atoms with van der Waals surface area (Å²) in [5.41, 5.74) is 6.29. The number of hydrazine groups is 1. The zero-order valence-corrected chi connectivity index (χ0v) is 15.4.